The largest absolute Gasteiger partial charge is 0.379 e. The second-order valence-corrected chi connectivity index (χ2v) is 8.34. The third kappa shape index (κ3) is 3.09. The molecule has 1 heterocycles. The van der Waals surface area contributed by atoms with E-state index in [-0.39, 0.29) is 0 Å². The summed E-state index contributed by atoms with van der Waals surface area (Å²) in [6.45, 7) is 8.22. The first-order valence-electron chi connectivity index (χ1n) is 6.35. The summed E-state index contributed by atoms with van der Waals surface area (Å²) in [5, 5.41) is 0.368. The van der Waals surface area contributed by atoms with Gasteiger partial charge in [-0.15, -0.1) is 0 Å². The molecule has 0 aromatic carbocycles. The SMILES string of the molecule is CCCCCC1([SiH](C)C)CCCCO1. The minimum Gasteiger partial charge on any atom is -0.379 e. The van der Waals surface area contributed by atoms with Gasteiger partial charge in [0.2, 0.25) is 0 Å². The Balaban J connectivity index is 2.43. The Morgan fingerprint density at radius 3 is 2.50 bits per heavy atom. The lowest BCUT2D eigenvalue weighted by molar-refractivity contribution is -0.0291. The molecule has 1 unspecified atom stereocenters. The number of unbranched alkanes of at least 4 members (excludes halogenated alkanes) is 2. The van der Waals surface area contributed by atoms with Crippen molar-refractivity contribution in [1.82, 2.24) is 0 Å². The molecule has 0 radical (unpaired) electrons. The van der Waals surface area contributed by atoms with Gasteiger partial charge in [0.1, 0.15) is 0 Å². The van der Waals surface area contributed by atoms with Crippen molar-refractivity contribution in [2.45, 2.75) is 70.2 Å². The zero-order valence-electron chi connectivity index (χ0n) is 10.1. The van der Waals surface area contributed by atoms with Gasteiger partial charge in [0, 0.05) is 6.61 Å². The molecule has 1 saturated heterocycles. The summed E-state index contributed by atoms with van der Waals surface area (Å²) in [5.74, 6) is 0. The molecule has 0 aliphatic carbocycles. The first kappa shape index (κ1) is 12.2. The van der Waals surface area contributed by atoms with E-state index >= 15 is 0 Å². The summed E-state index contributed by atoms with van der Waals surface area (Å²) >= 11 is 0. The maximum Gasteiger partial charge on any atom is 0.0695 e. The topological polar surface area (TPSA) is 9.23 Å². The molecule has 2 heteroatoms. The van der Waals surface area contributed by atoms with Crippen molar-refractivity contribution in [2.75, 3.05) is 6.61 Å². The molecule has 0 saturated carbocycles. The summed E-state index contributed by atoms with van der Waals surface area (Å²) < 4.78 is 6.14. The maximum absolute atomic E-state index is 6.14. The van der Waals surface area contributed by atoms with Crippen LogP contribution >= 0.6 is 0 Å². The van der Waals surface area contributed by atoms with Crippen LogP contribution in [-0.4, -0.2) is 20.6 Å². The van der Waals surface area contributed by atoms with Crippen LogP contribution in [0, 0.1) is 0 Å². The zero-order chi connectivity index (χ0) is 10.4. The Hall–Kier alpha value is 0.177. The van der Waals surface area contributed by atoms with E-state index in [0.29, 0.717) is 5.22 Å². The Kier molecular flexibility index (Phi) is 5.17. The van der Waals surface area contributed by atoms with Crippen molar-refractivity contribution in [3.05, 3.63) is 0 Å². The molecule has 1 aliphatic heterocycles. The monoisotopic (exact) mass is 214 g/mol. The zero-order valence-corrected chi connectivity index (χ0v) is 11.3. The van der Waals surface area contributed by atoms with E-state index in [0.717, 1.165) is 6.61 Å². The van der Waals surface area contributed by atoms with Gasteiger partial charge in [-0.3, -0.25) is 0 Å². The van der Waals surface area contributed by atoms with Crippen LogP contribution in [0.5, 0.6) is 0 Å². The fourth-order valence-corrected chi connectivity index (χ4v) is 4.50. The van der Waals surface area contributed by atoms with Crippen molar-refractivity contribution >= 4 is 8.80 Å². The highest BCUT2D eigenvalue weighted by atomic mass is 28.3. The average molecular weight is 214 g/mol. The predicted molar refractivity (Wildman–Crippen MR) is 65.6 cm³/mol. The van der Waals surface area contributed by atoms with Gasteiger partial charge in [0.15, 0.2) is 0 Å². The van der Waals surface area contributed by atoms with E-state index in [1.807, 2.05) is 0 Å². The van der Waals surface area contributed by atoms with Crippen LogP contribution in [0.25, 0.3) is 0 Å². The molecule has 1 aliphatic rings. The van der Waals surface area contributed by atoms with Crippen LogP contribution in [0.15, 0.2) is 0 Å². The van der Waals surface area contributed by atoms with E-state index in [1.165, 1.54) is 44.9 Å². The normalized spacial score (nSPS) is 28.3. The van der Waals surface area contributed by atoms with E-state index < -0.39 is 8.80 Å². The van der Waals surface area contributed by atoms with Crippen LogP contribution in [-0.2, 0) is 4.74 Å². The lowest BCUT2D eigenvalue weighted by Gasteiger charge is -2.40. The Bertz CT molecular complexity index is 150. The van der Waals surface area contributed by atoms with Gasteiger partial charge in [-0.1, -0.05) is 39.3 Å². The van der Waals surface area contributed by atoms with Crippen LogP contribution in [0.4, 0.5) is 0 Å². The van der Waals surface area contributed by atoms with Crippen molar-refractivity contribution < 1.29 is 4.74 Å². The maximum atomic E-state index is 6.14. The van der Waals surface area contributed by atoms with Gasteiger partial charge in [0.05, 0.1) is 14.0 Å². The first-order chi connectivity index (χ1) is 6.71. The number of hydrogen-bond donors (Lipinski definition) is 0. The lowest BCUT2D eigenvalue weighted by atomic mass is 10.0. The van der Waals surface area contributed by atoms with Gasteiger partial charge >= 0.3 is 0 Å². The molecule has 0 amide bonds. The van der Waals surface area contributed by atoms with Gasteiger partial charge in [0.25, 0.3) is 0 Å². The highest BCUT2D eigenvalue weighted by Gasteiger charge is 2.36. The van der Waals surface area contributed by atoms with E-state index in [4.69, 9.17) is 4.74 Å². The van der Waals surface area contributed by atoms with Gasteiger partial charge < -0.3 is 4.74 Å². The molecule has 1 rings (SSSR count). The fraction of sp³-hybridized carbons (Fsp3) is 1.00. The number of rotatable bonds is 5. The molecular formula is C12H26OSi. The van der Waals surface area contributed by atoms with E-state index in [2.05, 4.69) is 20.0 Å². The van der Waals surface area contributed by atoms with Gasteiger partial charge in [-0.25, -0.2) is 0 Å². The molecule has 0 spiro atoms. The molecule has 1 nitrogen and oxygen atoms in total. The summed E-state index contributed by atoms with van der Waals surface area (Å²) in [6.07, 6.45) is 9.46. The van der Waals surface area contributed by atoms with Crippen LogP contribution in [0.1, 0.15) is 51.9 Å². The van der Waals surface area contributed by atoms with Crippen molar-refractivity contribution in [1.29, 1.82) is 0 Å². The van der Waals surface area contributed by atoms with Crippen LogP contribution in [0.2, 0.25) is 13.1 Å². The molecule has 0 N–H and O–H groups in total. The molecule has 0 aromatic heterocycles. The highest BCUT2D eigenvalue weighted by Crippen LogP contribution is 2.32. The Labute approximate surface area is 90.8 Å². The van der Waals surface area contributed by atoms with Gasteiger partial charge in [-0.05, 0) is 25.7 Å². The molecule has 0 bridgehead atoms. The Morgan fingerprint density at radius 2 is 2.00 bits per heavy atom. The number of ether oxygens (including phenoxy) is 1. The summed E-state index contributed by atoms with van der Waals surface area (Å²) in [5.41, 5.74) is 0. The smallest absolute Gasteiger partial charge is 0.0695 e. The summed E-state index contributed by atoms with van der Waals surface area (Å²) in [7, 11) is -0.653. The second-order valence-electron chi connectivity index (χ2n) is 4.98. The third-order valence-electron chi connectivity index (χ3n) is 3.64. The lowest BCUT2D eigenvalue weighted by Crippen LogP contribution is -2.47. The molecule has 0 aromatic rings. The summed E-state index contributed by atoms with van der Waals surface area (Å²) in [6, 6.07) is 0. The highest BCUT2D eigenvalue weighted by molar-refractivity contribution is 6.59. The first-order valence-corrected chi connectivity index (χ1v) is 9.24. The fourth-order valence-electron chi connectivity index (χ4n) is 2.49. The summed E-state index contributed by atoms with van der Waals surface area (Å²) in [4.78, 5) is 0. The van der Waals surface area contributed by atoms with Crippen LogP contribution in [0.3, 0.4) is 0 Å². The standard InChI is InChI=1S/C12H26OSi/c1-4-5-6-9-12(14(2)3)10-7-8-11-13-12/h14H,4-11H2,1-3H3. The quantitative estimate of drug-likeness (QED) is 0.502. The van der Waals surface area contributed by atoms with Crippen molar-refractivity contribution in [3.8, 4) is 0 Å². The molecule has 1 fully saturated rings. The van der Waals surface area contributed by atoms with Crippen LogP contribution < -0.4 is 0 Å². The number of hydrogen-bond acceptors (Lipinski definition) is 1. The average Bonchev–Trinajstić information content (AvgIpc) is 2.19. The minimum atomic E-state index is -0.653. The van der Waals surface area contributed by atoms with Crippen molar-refractivity contribution in [3.63, 3.8) is 0 Å². The van der Waals surface area contributed by atoms with Crippen molar-refractivity contribution in [2.24, 2.45) is 0 Å². The Morgan fingerprint density at radius 1 is 1.21 bits per heavy atom. The molecule has 14 heavy (non-hydrogen) atoms. The van der Waals surface area contributed by atoms with E-state index in [1.54, 1.807) is 0 Å². The minimum absolute atomic E-state index is 0.368. The molecule has 1 atom stereocenters. The van der Waals surface area contributed by atoms with E-state index in [9.17, 15) is 0 Å². The predicted octanol–water partition coefficient (Wildman–Crippen LogP) is 3.53. The third-order valence-corrected chi connectivity index (χ3v) is 6.49. The second kappa shape index (κ2) is 5.91. The van der Waals surface area contributed by atoms with Gasteiger partial charge in [-0.2, -0.15) is 0 Å². The molecule has 84 valence electrons. The molecular weight excluding hydrogens is 188 g/mol.